The number of nitriles is 1. The normalized spacial score (nSPS) is 23.2. The van der Waals surface area contributed by atoms with Crippen LogP contribution in [-0.4, -0.2) is 31.6 Å². The highest BCUT2D eigenvalue weighted by Crippen LogP contribution is 2.32. The second kappa shape index (κ2) is 6.31. The number of anilines is 1. The van der Waals surface area contributed by atoms with E-state index in [1.165, 1.54) is 0 Å². The molecule has 0 spiro atoms. The average molecular weight is 276 g/mol. The van der Waals surface area contributed by atoms with Gasteiger partial charge in [0.1, 0.15) is 6.07 Å². The third kappa shape index (κ3) is 2.88. The smallest absolute Gasteiger partial charge is 0.103 e. The van der Waals surface area contributed by atoms with E-state index in [1.54, 1.807) is 11.8 Å². The van der Waals surface area contributed by atoms with Gasteiger partial charge in [0, 0.05) is 11.4 Å². The molecule has 0 aromatic heterocycles. The molecular weight excluding hydrogens is 256 g/mol. The predicted octanol–water partition coefficient (Wildman–Crippen LogP) is 3.28. The van der Waals surface area contributed by atoms with Crippen LogP contribution >= 0.6 is 11.8 Å². The number of morpholine rings is 1. The van der Waals surface area contributed by atoms with Crippen molar-refractivity contribution >= 4 is 17.4 Å². The minimum absolute atomic E-state index is 0.215. The maximum absolute atomic E-state index is 9.46. The van der Waals surface area contributed by atoms with Crippen molar-refractivity contribution in [1.82, 2.24) is 0 Å². The molecule has 1 heterocycles. The van der Waals surface area contributed by atoms with E-state index in [0.29, 0.717) is 6.04 Å². The van der Waals surface area contributed by atoms with Gasteiger partial charge >= 0.3 is 0 Å². The van der Waals surface area contributed by atoms with Crippen molar-refractivity contribution in [3.63, 3.8) is 0 Å². The fourth-order valence-corrected chi connectivity index (χ4v) is 3.09. The van der Waals surface area contributed by atoms with Gasteiger partial charge in [-0.2, -0.15) is 5.26 Å². The second-order valence-electron chi connectivity index (χ2n) is 4.82. The zero-order valence-corrected chi connectivity index (χ0v) is 12.5. The Morgan fingerprint density at radius 1 is 1.53 bits per heavy atom. The van der Waals surface area contributed by atoms with Crippen molar-refractivity contribution in [2.45, 2.75) is 37.3 Å². The molecule has 0 aliphatic carbocycles. The van der Waals surface area contributed by atoms with Crippen molar-refractivity contribution in [1.29, 1.82) is 5.26 Å². The van der Waals surface area contributed by atoms with Gasteiger partial charge in [0.05, 0.1) is 30.0 Å². The SMILES string of the molecule is CCC1COC(C)CN1c1cccc(SC)c1C#N. The first-order valence-electron chi connectivity index (χ1n) is 6.66. The van der Waals surface area contributed by atoms with E-state index < -0.39 is 0 Å². The summed E-state index contributed by atoms with van der Waals surface area (Å²) in [6.45, 7) is 5.85. The van der Waals surface area contributed by atoms with Gasteiger partial charge in [-0.3, -0.25) is 0 Å². The zero-order valence-electron chi connectivity index (χ0n) is 11.7. The van der Waals surface area contributed by atoms with E-state index in [1.807, 2.05) is 18.4 Å². The summed E-state index contributed by atoms with van der Waals surface area (Å²) in [7, 11) is 0. The van der Waals surface area contributed by atoms with Crippen LogP contribution in [0.5, 0.6) is 0 Å². The number of ether oxygens (including phenoxy) is 1. The molecule has 102 valence electrons. The molecule has 2 rings (SSSR count). The van der Waals surface area contributed by atoms with Crippen molar-refractivity contribution in [2.24, 2.45) is 0 Å². The topological polar surface area (TPSA) is 36.3 Å². The lowest BCUT2D eigenvalue weighted by atomic mass is 10.1. The van der Waals surface area contributed by atoms with Crippen molar-refractivity contribution in [3.05, 3.63) is 23.8 Å². The lowest BCUT2D eigenvalue weighted by Crippen LogP contribution is -2.49. The van der Waals surface area contributed by atoms with Gasteiger partial charge in [0.25, 0.3) is 0 Å². The van der Waals surface area contributed by atoms with Crippen LogP contribution in [-0.2, 0) is 4.74 Å². The lowest BCUT2D eigenvalue weighted by molar-refractivity contribution is 0.0299. The molecule has 1 aromatic carbocycles. The van der Waals surface area contributed by atoms with Crippen LogP contribution in [0.15, 0.2) is 23.1 Å². The Balaban J connectivity index is 2.41. The molecule has 1 saturated heterocycles. The molecule has 0 saturated carbocycles. The van der Waals surface area contributed by atoms with E-state index in [4.69, 9.17) is 4.74 Å². The number of hydrogen-bond acceptors (Lipinski definition) is 4. The molecule has 2 unspecified atom stereocenters. The van der Waals surface area contributed by atoms with E-state index in [2.05, 4.69) is 30.9 Å². The molecule has 0 amide bonds. The molecule has 0 N–H and O–H groups in total. The van der Waals surface area contributed by atoms with E-state index in [0.717, 1.165) is 35.7 Å². The predicted molar refractivity (Wildman–Crippen MR) is 79.8 cm³/mol. The summed E-state index contributed by atoms with van der Waals surface area (Å²) in [6, 6.07) is 8.83. The van der Waals surface area contributed by atoms with Crippen LogP contribution in [0.3, 0.4) is 0 Å². The first kappa shape index (κ1) is 14.2. The Labute approximate surface area is 119 Å². The molecule has 4 heteroatoms. The summed E-state index contributed by atoms with van der Waals surface area (Å²) < 4.78 is 5.73. The Morgan fingerprint density at radius 2 is 2.32 bits per heavy atom. The molecule has 1 aromatic rings. The first-order chi connectivity index (χ1) is 9.21. The Morgan fingerprint density at radius 3 is 2.95 bits per heavy atom. The van der Waals surface area contributed by atoms with Crippen LogP contribution in [0.4, 0.5) is 5.69 Å². The van der Waals surface area contributed by atoms with Gasteiger partial charge in [-0.05, 0) is 31.7 Å². The summed E-state index contributed by atoms with van der Waals surface area (Å²) in [5.41, 5.74) is 1.85. The van der Waals surface area contributed by atoms with Crippen LogP contribution in [0.1, 0.15) is 25.8 Å². The maximum atomic E-state index is 9.46. The number of benzene rings is 1. The maximum Gasteiger partial charge on any atom is 0.103 e. The third-order valence-electron chi connectivity index (χ3n) is 3.58. The van der Waals surface area contributed by atoms with Gasteiger partial charge in [0.2, 0.25) is 0 Å². The van der Waals surface area contributed by atoms with Gasteiger partial charge in [0.15, 0.2) is 0 Å². The van der Waals surface area contributed by atoms with Crippen molar-refractivity contribution in [2.75, 3.05) is 24.3 Å². The molecular formula is C15H20N2OS. The summed E-state index contributed by atoms with van der Waals surface area (Å²) >= 11 is 1.63. The van der Waals surface area contributed by atoms with Gasteiger partial charge in [-0.1, -0.05) is 13.0 Å². The van der Waals surface area contributed by atoms with Gasteiger partial charge < -0.3 is 9.64 Å². The minimum atomic E-state index is 0.215. The number of hydrogen-bond donors (Lipinski definition) is 0. The van der Waals surface area contributed by atoms with E-state index in [9.17, 15) is 5.26 Å². The van der Waals surface area contributed by atoms with Crippen LogP contribution in [0.25, 0.3) is 0 Å². The van der Waals surface area contributed by atoms with Gasteiger partial charge in [-0.15, -0.1) is 11.8 Å². The fourth-order valence-electron chi connectivity index (χ4n) is 2.52. The molecule has 1 aliphatic rings. The van der Waals surface area contributed by atoms with Crippen molar-refractivity contribution in [3.8, 4) is 6.07 Å². The van der Waals surface area contributed by atoms with Crippen molar-refractivity contribution < 1.29 is 4.74 Å². The third-order valence-corrected chi connectivity index (χ3v) is 4.36. The Kier molecular flexibility index (Phi) is 4.73. The number of rotatable bonds is 3. The molecule has 2 atom stereocenters. The molecule has 1 fully saturated rings. The summed E-state index contributed by atoms with van der Waals surface area (Å²) in [6.07, 6.45) is 3.26. The highest BCUT2D eigenvalue weighted by atomic mass is 32.2. The summed E-state index contributed by atoms with van der Waals surface area (Å²) in [5, 5.41) is 9.46. The molecule has 0 radical (unpaired) electrons. The summed E-state index contributed by atoms with van der Waals surface area (Å²) in [5.74, 6) is 0. The number of nitrogens with zero attached hydrogens (tertiary/aromatic N) is 2. The quantitative estimate of drug-likeness (QED) is 0.794. The Bertz CT molecular complexity index is 484. The van der Waals surface area contributed by atoms with Crippen LogP contribution in [0, 0.1) is 11.3 Å². The minimum Gasteiger partial charge on any atom is -0.375 e. The molecule has 1 aliphatic heterocycles. The first-order valence-corrected chi connectivity index (χ1v) is 7.89. The highest BCUT2D eigenvalue weighted by Gasteiger charge is 2.27. The van der Waals surface area contributed by atoms with E-state index >= 15 is 0 Å². The van der Waals surface area contributed by atoms with Crippen LogP contribution < -0.4 is 4.90 Å². The monoisotopic (exact) mass is 276 g/mol. The molecule has 0 bridgehead atoms. The second-order valence-corrected chi connectivity index (χ2v) is 5.67. The molecule has 3 nitrogen and oxygen atoms in total. The zero-order chi connectivity index (χ0) is 13.8. The van der Waals surface area contributed by atoms with Gasteiger partial charge in [-0.25, -0.2) is 0 Å². The summed E-state index contributed by atoms with van der Waals surface area (Å²) in [4.78, 5) is 3.39. The average Bonchev–Trinajstić information content (AvgIpc) is 2.46. The number of thioether (sulfide) groups is 1. The molecule has 19 heavy (non-hydrogen) atoms. The van der Waals surface area contributed by atoms with Crippen LogP contribution in [0.2, 0.25) is 0 Å². The lowest BCUT2D eigenvalue weighted by Gasteiger charge is -2.40. The highest BCUT2D eigenvalue weighted by molar-refractivity contribution is 7.98. The Hall–Kier alpha value is -1.18. The standard InChI is InChI=1S/C15H20N2OS/c1-4-12-10-18-11(2)9-17(12)14-6-5-7-15(19-3)13(14)8-16/h5-7,11-12H,4,9-10H2,1-3H3. The largest absolute Gasteiger partial charge is 0.375 e. The van der Waals surface area contributed by atoms with E-state index in [-0.39, 0.29) is 6.10 Å². The fraction of sp³-hybridized carbons (Fsp3) is 0.533.